The van der Waals surface area contributed by atoms with Crippen molar-refractivity contribution in [3.8, 4) is 5.95 Å². The first-order chi connectivity index (χ1) is 11.5. The Labute approximate surface area is 143 Å². The van der Waals surface area contributed by atoms with E-state index in [0.717, 1.165) is 16.4 Å². The summed E-state index contributed by atoms with van der Waals surface area (Å²) in [5, 5.41) is 10.2. The molecule has 0 fully saturated rings. The fraction of sp³-hybridized carbons (Fsp3) is 0.312. The Morgan fingerprint density at radius 2 is 2.08 bits per heavy atom. The van der Waals surface area contributed by atoms with Crippen LogP contribution in [0.15, 0.2) is 29.9 Å². The number of amides is 1. The molecule has 124 valence electrons. The van der Waals surface area contributed by atoms with Gasteiger partial charge in [0.2, 0.25) is 5.91 Å². The van der Waals surface area contributed by atoms with Crippen molar-refractivity contribution < 1.29 is 4.79 Å². The third kappa shape index (κ3) is 3.65. The Hall–Kier alpha value is -2.61. The number of hydrogen-bond acceptors (Lipinski definition) is 6. The number of hydrogen-bond donors (Lipinski definition) is 1. The lowest BCUT2D eigenvalue weighted by Gasteiger charge is -2.06. The van der Waals surface area contributed by atoms with Crippen molar-refractivity contribution in [1.29, 1.82) is 0 Å². The van der Waals surface area contributed by atoms with Crippen LogP contribution in [0.4, 0.5) is 5.82 Å². The maximum Gasteiger partial charge on any atom is 0.252 e. The van der Waals surface area contributed by atoms with E-state index in [4.69, 9.17) is 0 Å². The lowest BCUT2D eigenvalue weighted by atomic mass is 10.1. The molecule has 0 aliphatic heterocycles. The summed E-state index contributed by atoms with van der Waals surface area (Å²) < 4.78 is 1.56. The molecule has 0 saturated carbocycles. The zero-order valence-corrected chi connectivity index (χ0v) is 14.5. The van der Waals surface area contributed by atoms with Crippen molar-refractivity contribution >= 4 is 23.1 Å². The monoisotopic (exact) mass is 342 g/mol. The van der Waals surface area contributed by atoms with Gasteiger partial charge in [0, 0.05) is 23.8 Å². The SMILES string of the molecule is Cc1nc(CC(=O)Nc2cc(C(C)C)nn2-c2ncccn2)cs1. The molecule has 0 saturated heterocycles. The predicted octanol–water partition coefficient (Wildman–Crippen LogP) is 2.73. The molecule has 0 atom stereocenters. The van der Waals surface area contributed by atoms with Crippen LogP contribution in [-0.2, 0) is 11.2 Å². The summed E-state index contributed by atoms with van der Waals surface area (Å²) >= 11 is 1.53. The molecule has 3 aromatic rings. The van der Waals surface area contributed by atoms with Gasteiger partial charge >= 0.3 is 0 Å². The molecular weight excluding hydrogens is 324 g/mol. The average Bonchev–Trinajstić information content (AvgIpc) is 3.15. The molecule has 3 rings (SSSR count). The maximum atomic E-state index is 12.3. The van der Waals surface area contributed by atoms with E-state index in [2.05, 4.69) is 25.4 Å². The van der Waals surface area contributed by atoms with Gasteiger partial charge in [-0.15, -0.1) is 11.3 Å². The summed E-state index contributed by atoms with van der Waals surface area (Å²) in [4.78, 5) is 25.1. The lowest BCUT2D eigenvalue weighted by molar-refractivity contribution is -0.115. The molecule has 0 bridgehead atoms. The summed E-state index contributed by atoms with van der Waals surface area (Å²) in [6, 6.07) is 3.59. The zero-order chi connectivity index (χ0) is 17.1. The van der Waals surface area contributed by atoms with Gasteiger partial charge in [0.1, 0.15) is 5.82 Å². The van der Waals surface area contributed by atoms with Gasteiger partial charge in [0.15, 0.2) is 0 Å². The highest BCUT2D eigenvalue weighted by Gasteiger charge is 2.16. The first kappa shape index (κ1) is 16.3. The number of thiazole rings is 1. The van der Waals surface area contributed by atoms with Crippen LogP contribution >= 0.6 is 11.3 Å². The first-order valence-corrected chi connectivity index (χ1v) is 8.49. The van der Waals surface area contributed by atoms with Gasteiger partial charge in [-0.25, -0.2) is 15.0 Å². The summed E-state index contributed by atoms with van der Waals surface area (Å²) in [5.41, 5.74) is 1.63. The predicted molar refractivity (Wildman–Crippen MR) is 92.4 cm³/mol. The fourth-order valence-corrected chi connectivity index (χ4v) is 2.78. The molecule has 8 heteroatoms. The van der Waals surface area contributed by atoms with Crippen molar-refractivity contribution in [3.63, 3.8) is 0 Å². The van der Waals surface area contributed by atoms with Crippen LogP contribution in [0, 0.1) is 6.92 Å². The van der Waals surface area contributed by atoms with Crippen LogP contribution in [0.25, 0.3) is 5.95 Å². The molecule has 0 spiro atoms. The van der Waals surface area contributed by atoms with Crippen molar-refractivity contribution in [2.24, 2.45) is 0 Å². The van der Waals surface area contributed by atoms with E-state index in [1.165, 1.54) is 11.3 Å². The molecule has 0 unspecified atom stereocenters. The highest BCUT2D eigenvalue weighted by molar-refractivity contribution is 7.09. The molecule has 3 heterocycles. The second-order valence-electron chi connectivity index (χ2n) is 5.65. The molecule has 0 aromatic carbocycles. The summed E-state index contributed by atoms with van der Waals surface area (Å²) in [6.07, 6.45) is 3.51. The van der Waals surface area contributed by atoms with Gasteiger partial charge < -0.3 is 5.32 Å². The minimum Gasteiger partial charge on any atom is -0.310 e. The molecule has 0 aliphatic rings. The largest absolute Gasteiger partial charge is 0.310 e. The molecular formula is C16H18N6OS. The topological polar surface area (TPSA) is 85.6 Å². The number of aryl methyl sites for hydroxylation is 1. The van der Waals surface area contributed by atoms with Crippen LogP contribution in [0.1, 0.15) is 36.2 Å². The van der Waals surface area contributed by atoms with Gasteiger partial charge in [0.25, 0.3) is 5.95 Å². The normalized spacial score (nSPS) is 11.0. The van der Waals surface area contributed by atoms with Crippen LogP contribution < -0.4 is 5.32 Å². The molecule has 7 nitrogen and oxygen atoms in total. The number of aromatic nitrogens is 5. The Kier molecular flexibility index (Phi) is 4.66. The zero-order valence-electron chi connectivity index (χ0n) is 13.7. The number of anilines is 1. The summed E-state index contributed by atoms with van der Waals surface area (Å²) in [6.45, 7) is 6.01. The van der Waals surface area contributed by atoms with E-state index in [-0.39, 0.29) is 18.2 Å². The van der Waals surface area contributed by atoms with E-state index >= 15 is 0 Å². The van der Waals surface area contributed by atoms with E-state index in [1.807, 2.05) is 32.2 Å². The van der Waals surface area contributed by atoms with E-state index in [0.29, 0.717) is 11.8 Å². The quantitative estimate of drug-likeness (QED) is 0.770. The lowest BCUT2D eigenvalue weighted by Crippen LogP contribution is -2.18. The Bertz CT molecular complexity index is 839. The first-order valence-electron chi connectivity index (χ1n) is 7.61. The van der Waals surface area contributed by atoms with Gasteiger partial charge in [-0.1, -0.05) is 13.8 Å². The number of nitrogens with zero attached hydrogens (tertiary/aromatic N) is 5. The van der Waals surface area contributed by atoms with Gasteiger partial charge in [0.05, 0.1) is 22.8 Å². The third-order valence-corrected chi connectivity index (χ3v) is 4.16. The highest BCUT2D eigenvalue weighted by atomic mass is 32.1. The molecule has 1 amide bonds. The molecule has 24 heavy (non-hydrogen) atoms. The number of rotatable bonds is 5. The van der Waals surface area contributed by atoms with E-state index in [1.54, 1.807) is 23.1 Å². The van der Waals surface area contributed by atoms with E-state index in [9.17, 15) is 4.79 Å². The van der Waals surface area contributed by atoms with Crippen molar-refractivity contribution in [2.45, 2.75) is 33.1 Å². The maximum absolute atomic E-state index is 12.3. The van der Waals surface area contributed by atoms with Gasteiger partial charge in [-0.3, -0.25) is 4.79 Å². The van der Waals surface area contributed by atoms with Crippen LogP contribution in [0.2, 0.25) is 0 Å². The number of nitrogens with one attached hydrogen (secondary N) is 1. The third-order valence-electron chi connectivity index (χ3n) is 3.34. The number of carbonyl (C=O) groups excluding carboxylic acids is 1. The minimum absolute atomic E-state index is 0.146. The van der Waals surface area contributed by atoms with Crippen molar-refractivity contribution in [2.75, 3.05) is 5.32 Å². The molecule has 1 N–H and O–H groups in total. The van der Waals surface area contributed by atoms with Crippen LogP contribution in [0.5, 0.6) is 0 Å². The number of carbonyl (C=O) groups is 1. The summed E-state index contributed by atoms with van der Waals surface area (Å²) in [7, 11) is 0. The molecule has 0 aliphatic carbocycles. The van der Waals surface area contributed by atoms with Gasteiger partial charge in [-0.05, 0) is 18.9 Å². The standard InChI is InChI=1S/C16H18N6OS/c1-10(2)13-8-14(22(21-13)16-17-5-4-6-18-16)20-15(23)7-12-9-24-11(3)19-12/h4-6,8-10H,7H2,1-3H3,(H,20,23). The van der Waals surface area contributed by atoms with Crippen molar-refractivity contribution in [3.05, 3.63) is 46.3 Å². The Morgan fingerprint density at radius 1 is 1.33 bits per heavy atom. The molecule has 3 aromatic heterocycles. The second-order valence-corrected chi connectivity index (χ2v) is 6.71. The summed E-state index contributed by atoms with van der Waals surface area (Å²) in [5.74, 6) is 1.06. The van der Waals surface area contributed by atoms with Crippen LogP contribution in [-0.4, -0.2) is 30.6 Å². The Balaban J connectivity index is 1.85. The highest BCUT2D eigenvalue weighted by Crippen LogP contribution is 2.20. The van der Waals surface area contributed by atoms with E-state index < -0.39 is 0 Å². The fourth-order valence-electron chi connectivity index (χ4n) is 2.16. The molecule has 0 radical (unpaired) electrons. The Morgan fingerprint density at radius 3 is 2.71 bits per heavy atom. The second kappa shape index (κ2) is 6.88. The van der Waals surface area contributed by atoms with Gasteiger partial charge in [-0.2, -0.15) is 9.78 Å². The minimum atomic E-state index is -0.146. The smallest absolute Gasteiger partial charge is 0.252 e. The average molecular weight is 342 g/mol. The van der Waals surface area contributed by atoms with Crippen LogP contribution in [0.3, 0.4) is 0 Å². The van der Waals surface area contributed by atoms with Crippen molar-refractivity contribution in [1.82, 2.24) is 24.7 Å².